The van der Waals surface area contributed by atoms with Gasteiger partial charge in [0.15, 0.2) is 0 Å². The number of benzene rings is 1. The third-order valence-electron chi connectivity index (χ3n) is 7.53. The topological polar surface area (TPSA) is 118 Å². The second-order valence-electron chi connectivity index (χ2n) is 10.0. The van der Waals surface area contributed by atoms with Crippen molar-refractivity contribution in [2.75, 3.05) is 0 Å². The van der Waals surface area contributed by atoms with Crippen LogP contribution < -0.4 is 15.8 Å². The molecule has 0 unspecified atom stereocenters. The number of nitrogens with two attached hydrogens (primary N) is 1. The molecule has 0 atom stereocenters. The summed E-state index contributed by atoms with van der Waals surface area (Å²) in [5.74, 6) is 2.17. The van der Waals surface area contributed by atoms with Crippen LogP contribution in [0.2, 0.25) is 0 Å². The molecule has 176 valence electrons. The lowest BCUT2D eigenvalue weighted by atomic mass is 9.49. The molecule has 0 aliphatic heterocycles. The van der Waals surface area contributed by atoms with Gasteiger partial charge in [-0.15, -0.1) is 11.3 Å². The third-order valence-corrected chi connectivity index (χ3v) is 10.1. The molecule has 0 spiro atoms. The Bertz CT molecular complexity index is 1140. The molecule has 4 N–H and O–H groups in total. The van der Waals surface area contributed by atoms with Crippen molar-refractivity contribution in [1.82, 2.24) is 10.6 Å². The lowest BCUT2D eigenvalue weighted by Crippen LogP contribution is -2.53. The number of hydrogen-bond donors (Lipinski definition) is 3. The van der Waals surface area contributed by atoms with Crippen LogP contribution in [-0.4, -0.2) is 20.2 Å². The molecule has 4 saturated carbocycles. The highest BCUT2D eigenvalue weighted by Crippen LogP contribution is 2.60. The largest absolute Gasteiger partial charge is 0.352 e. The number of primary sulfonamides is 1. The van der Waals surface area contributed by atoms with Gasteiger partial charge in [-0.25, -0.2) is 13.6 Å². The van der Waals surface area contributed by atoms with E-state index in [0.717, 1.165) is 53.9 Å². The van der Waals surface area contributed by atoms with Crippen LogP contribution in [0.15, 0.2) is 40.6 Å². The van der Waals surface area contributed by atoms with Gasteiger partial charge in [-0.3, -0.25) is 9.59 Å². The van der Waals surface area contributed by atoms with E-state index in [4.69, 9.17) is 5.14 Å². The minimum Gasteiger partial charge on any atom is -0.352 e. The molecule has 1 aromatic carbocycles. The van der Waals surface area contributed by atoms with Gasteiger partial charge in [-0.2, -0.15) is 0 Å². The van der Waals surface area contributed by atoms with Crippen LogP contribution in [0.3, 0.4) is 0 Å². The van der Waals surface area contributed by atoms with E-state index in [9.17, 15) is 18.0 Å². The van der Waals surface area contributed by atoms with Gasteiger partial charge in [0, 0.05) is 22.4 Å². The molecule has 7 nitrogen and oxygen atoms in total. The molecule has 4 aliphatic carbocycles. The molecule has 0 radical (unpaired) electrons. The van der Waals surface area contributed by atoms with Crippen LogP contribution in [0.1, 0.15) is 59.3 Å². The zero-order valence-corrected chi connectivity index (χ0v) is 20.0. The smallest absolute Gasteiger partial charge is 0.251 e. The zero-order valence-electron chi connectivity index (χ0n) is 18.4. The maximum Gasteiger partial charge on any atom is 0.251 e. The Morgan fingerprint density at radius 1 is 0.909 bits per heavy atom. The van der Waals surface area contributed by atoms with Crippen molar-refractivity contribution < 1.29 is 18.0 Å². The summed E-state index contributed by atoms with van der Waals surface area (Å²) >= 11 is 1.04. The molecular weight excluding hydrogens is 458 g/mol. The van der Waals surface area contributed by atoms with Gasteiger partial charge in [-0.05, 0) is 86.1 Å². The van der Waals surface area contributed by atoms with Crippen molar-refractivity contribution in [3.05, 3.63) is 52.4 Å². The van der Waals surface area contributed by atoms with E-state index in [2.05, 4.69) is 10.6 Å². The van der Waals surface area contributed by atoms with Gasteiger partial charge < -0.3 is 10.6 Å². The number of nitrogens with one attached hydrogen (secondary N) is 2. The number of carbonyl (C=O) groups excluding carboxylic acids is 2. The predicted molar refractivity (Wildman–Crippen MR) is 126 cm³/mol. The first-order chi connectivity index (χ1) is 15.7. The molecule has 1 heterocycles. The minimum absolute atomic E-state index is 0.0756. The van der Waals surface area contributed by atoms with E-state index < -0.39 is 10.0 Å². The zero-order chi connectivity index (χ0) is 23.2. The number of thiophene rings is 1. The van der Waals surface area contributed by atoms with Crippen LogP contribution in [0, 0.1) is 23.2 Å². The van der Waals surface area contributed by atoms with E-state index in [0.29, 0.717) is 17.0 Å². The maximum absolute atomic E-state index is 13.1. The van der Waals surface area contributed by atoms with Crippen LogP contribution in [0.5, 0.6) is 0 Å². The Hall–Kier alpha value is -2.23. The number of hydrogen-bond acceptors (Lipinski definition) is 5. The molecule has 4 bridgehead atoms. The van der Waals surface area contributed by atoms with E-state index in [1.807, 2.05) is 12.1 Å². The fourth-order valence-electron chi connectivity index (χ4n) is 6.41. The Morgan fingerprint density at radius 3 is 2.06 bits per heavy atom. The molecular formula is C24H29N3O4S2. The molecule has 2 amide bonds. The van der Waals surface area contributed by atoms with Gasteiger partial charge >= 0.3 is 0 Å². The summed E-state index contributed by atoms with van der Waals surface area (Å²) in [4.78, 5) is 26.3. The molecule has 6 rings (SSSR count). The van der Waals surface area contributed by atoms with E-state index in [-0.39, 0.29) is 28.0 Å². The first-order valence-electron chi connectivity index (χ1n) is 11.5. The fourth-order valence-corrected chi connectivity index (χ4v) is 8.13. The first kappa shape index (κ1) is 22.6. The summed E-state index contributed by atoms with van der Waals surface area (Å²) in [6.07, 6.45) is 7.09. The molecule has 33 heavy (non-hydrogen) atoms. The number of sulfonamides is 1. The summed E-state index contributed by atoms with van der Waals surface area (Å²) in [5, 5.41) is 11.1. The minimum atomic E-state index is -3.73. The summed E-state index contributed by atoms with van der Waals surface area (Å²) in [5.41, 5.74) is 1.31. The Morgan fingerprint density at radius 2 is 1.52 bits per heavy atom. The van der Waals surface area contributed by atoms with Gasteiger partial charge in [0.2, 0.25) is 15.9 Å². The van der Waals surface area contributed by atoms with Gasteiger partial charge in [0.25, 0.3) is 5.91 Å². The monoisotopic (exact) mass is 487 g/mol. The Labute approximate surface area is 198 Å². The van der Waals surface area contributed by atoms with E-state index >= 15 is 0 Å². The molecule has 1 aromatic heterocycles. The summed E-state index contributed by atoms with van der Waals surface area (Å²) in [6.45, 7) is 0.690. The second kappa shape index (κ2) is 8.52. The van der Waals surface area contributed by atoms with Crippen molar-refractivity contribution in [1.29, 1.82) is 0 Å². The summed E-state index contributed by atoms with van der Waals surface area (Å²) in [6, 6.07) is 10.3. The van der Waals surface area contributed by atoms with Crippen LogP contribution >= 0.6 is 11.3 Å². The van der Waals surface area contributed by atoms with Crippen LogP contribution in [-0.2, 0) is 27.9 Å². The maximum atomic E-state index is 13.1. The molecule has 4 fully saturated rings. The normalized spacial score (nSPS) is 28.0. The van der Waals surface area contributed by atoms with Crippen LogP contribution in [0.4, 0.5) is 0 Å². The van der Waals surface area contributed by atoms with Crippen molar-refractivity contribution >= 4 is 33.2 Å². The standard InChI is InChI=1S/C24H29N3O4S2/c25-33(30,31)21-6-5-20(32-21)14-26-22(28)19-3-1-15(2-4-19)13-27-23(29)24-10-16-7-17(11-24)9-18(8-16)12-24/h1-6,16-18H,7-14H2,(H,26,28)(H,27,29)(H2,25,30,31). The average Bonchev–Trinajstić information content (AvgIpc) is 3.25. The lowest BCUT2D eigenvalue weighted by Gasteiger charge is -2.55. The van der Waals surface area contributed by atoms with Crippen molar-refractivity contribution in [3.63, 3.8) is 0 Å². The SMILES string of the molecule is NS(=O)(=O)c1ccc(CNC(=O)c2ccc(CNC(=O)C34CC5CC(CC(C5)C3)C4)cc2)s1. The predicted octanol–water partition coefficient (Wildman–Crippen LogP) is 3.16. The molecule has 2 aromatic rings. The third kappa shape index (κ3) is 4.72. The summed E-state index contributed by atoms with van der Waals surface area (Å²) < 4.78 is 22.8. The Balaban J connectivity index is 1.13. The van der Waals surface area contributed by atoms with Crippen LogP contribution in [0.25, 0.3) is 0 Å². The van der Waals surface area contributed by atoms with E-state index in [1.54, 1.807) is 18.2 Å². The lowest BCUT2D eigenvalue weighted by molar-refractivity contribution is -0.146. The number of amides is 2. The van der Waals surface area contributed by atoms with Gasteiger partial charge in [-0.1, -0.05) is 12.1 Å². The summed E-state index contributed by atoms with van der Waals surface area (Å²) in [7, 11) is -3.73. The van der Waals surface area contributed by atoms with Gasteiger partial charge in [0.05, 0.1) is 6.54 Å². The molecule has 9 heteroatoms. The van der Waals surface area contributed by atoms with E-state index in [1.165, 1.54) is 25.3 Å². The Kier molecular flexibility index (Phi) is 5.83. The van der Waals surface area contributed by atoms with Crippen molar-refractivity contribution in [2.45, 2.75) is 55.8 Å². The van der Waals surface area contributed by atoms with Crippen molar-refractivity contribution in [2.24, 2.45) is 28.3 Å². The highest BCUT2D eigenvalue weighted by molar-refractivity contribution is 7.91. The van der Waals surface area contributed by atoms with Gasteiger partial charge in [0.1, 0.15) is 4.21 Å². The first-order valence-corrected chi connectivity index (χ1v) is 13.8. The number of rotatable bonds is 7. The molecule has 0 saturated heterocycles. The number of carbonyl (C=O) groups is 2. The van der Waals surface area contributed by atoms with Crippen molar-refractivity contribution in [3.8, 4) is 0 Å². The highest BCUT2D eigenvalue weighted by Gasteiger charge is 2.54. The quantitative estimate of drug-likeness (QED) is 0.556. The second-order valence-corrected chi connectivity index (χ2v) is 13.0. The fraction of sp³-hybridized carbons (Fsp3) is 0.500. The average molecular weight is 488 g/mol. The molecule has 4 aliphatic rings. The highest BCUT2D eigenvalue weighted by atomic mass is 32.2.